The number of halogens is 1. The molecule has 1 saturated heterocycles. The van der Waals surface area contributed by atoms with Gasteiger partial charge >= 0.3 is 0 Å². The third kappa shape index (κ3) is 4.75. The van der Waals surface area contributed by atoms with Crippen LogP contribution in [0.3, 0.4) is 0 Å². The van der Waals surface area contributed by atoms with Gasteiger partial charge in [-0.25, -0.2) is 12.7 Å². The predicted molar refractivity (Wildman–Crippen MR) is 85.8 cm³/mol. The van der Waals surface area contributed by atoms with Crippen molar-refractivity contribution < 1.29 is 13.2 Å². The number of nitrogens with zero attached hydrogens (tertiary/aromatic N) is 2. The van der Waals surface area contributed by atoms with Crippen LogP contribution in [0.5, 0.6) is 0 Å². The lowest BCUT2D eigenvalue weighted by Gasteiger charge is -2.27. The van der Waals surface area contributed by atoms with Crippen molar-refractivity contribution in [3.05, 3.63) is 28.7 Å². The predicted octanol–water partition coefficient (Wildman–Crippen LogP) is 1.79. The fourth-order valence-corrected chi connectivity index (χ4v) is 3.72. The van der Waals surface area contributed by atoms with E-state index in [9.17, 15) is 8.42 Å². The van der Waals surface area contributed by atoms with Gasteiger partial charge in [0.15, 0.2) is 0 Å². The lowest BCUT2D eigenvalue weighted by molar-refractivity contribution is 0.0370. The van der Waals surface area contributed by atoms with Crippen LogP contribution in [-0.2, 0) is 14.8 Å². The minimum atomic E-state index is -3.39. The Morgan fingerprint density at radius 3 is 2.48 bits per heavy atom. The molecule has 2 rings (SSSR count). The van der Waals surface area contributed by atoms with Gasteiger partial charge in [-0.1, -0.05) is 15.9 Å². The highest BCUT2D eigenvalue weighted by atomic mass is 79.9. The third-order valence-electron chi connectivity index (χ3n) is 3.57. The van der Waals surface area contributed by atoms with E-state index in [0.717, 1.165) is 43.7 Å². The number of ether oxygens (including phenoxy) is 1. The molecule has 0 unspecified atom stereocenters. The summed E-state index contributed by atoms with van der Waals surface area (Å²) in [4.78, 5) is 2.64. The molecule has 0 aromatic heterocycles. The second-order valence-corrected chi connectivity index (χ2v) is 8.05. The van der Waals surface area contributed by atoms with Crippen LogP contribution in [0, 0.1) is 0 Å². The van der Waals surface area contributed by atoms with E-state index in [1.807, 2.05) is 0 Å². The van der Waals surface area contributed by atoms with Gasteiger partial charge in [0.1, 0.15) is 0 Å². The van der Waals surface area contributed by atoms with E-state index < -0.39 is 10.0 Å². The molecule has 1 fully saturated rings. The first-order valence-electron chi connectivity index (χ1n) is 7.02. The van der Waals surface area contributed by atoms with E-state index in [1.165, 1.54) is 4.31 Å². The van der Waals surface area contributed by atoms with Crippen molar-refractivity contribution in [1.82, 2.24) is 9.21 Å². The molecular weight excluding hydrogens is 356 g/mol. The van der Waals surface area contributed by atoms with E-state index in [0.29, 0.717) is 11.4 Å². The first-order valence-corrected chi connectivity index (χ1v) is 9.25. The number of sulfonamides is 1. The Morgan fingerprint density at radius 1 is 1.24 bits per heavy atom. The number of morpholine rings is 1. The molecule has 0 bridgehead atoms. The molecule has 0 amide bonds. The number of hydrogen-bond donors (Lipinski definition) is 0. The summed E-state index contributed by atoms with van der Waals surface area (Å²) in [5.41, 5.74) is 0. The average Bonchev–Trinajstić information content (AvgIpc) is 2.48. The minimum Gasteiger partial charge on any atom is -0.379 e. The van der Waals surface area contributed by atoms with Gasteiger partial charge in [0.05, 0.1) is 18.1 Å². The van der Waals surface area contributed by atoms with Gasteiger partial charge in [-0.05, 0) is 37.2 Å². The van der Waals surface area contributed by atoms with Crippen LogP contribution in [-0.4, -0.2) is 64.1 Å². The standard InChI is InChI=1S/C14H21BrN2O3S/c1-16(7-2-8-17-9-11-20-12-10-17)21(18,19)14-5-3-13(15)4-6-14/h3-6H,2,7-12H2,1H3. The van der Waals surface area contributed by atoms with E-state index >= 15 is 0 Å². The lowest BCUT2D eigenvalue weighted by Crippen LogP contribution is -2.38. The summed E-state index contributed by atoms with van der Waals surface area (Å²) in [6.45, 7) is 4.84. The summed E-state index contributed by atoms with van der Waals surface area (Å²) in [5, 5.41) is 0. The highest BCUT2D eigenvalue weighted by molar-refractivity contribution is 9.10. The summed E-state index contributed by atoms with van der Waals surface area (Å²) in [7, 11) is -1.75. The molecule has 1 aliphatic heterocycles. The fraction of sp³-hybridized carbons (Fsp3) is 0.571. The molecule has 1 aromatic rings. The monoisotopic (exact) mass is 376 g/mol. The van der Waals surface area contributed by atoms with Gasteiger partial charge < -0.3 is 4.74 Å². The fourth-order valence-electron chi connectivity index (χ4n) is 2.25. The second-order valence-electron chi connectivity index (χ2n) is 5.09. The van der Waals surface area contributed by atoms with Gasteiger partial charge in [-0.15, -0.1) is 0 Å². The van der Waals surface area contributed by atoms with Gasteiger partial charge in [0, 0.05) is 31.2 Å². The molecule has 118 valence electrons. The molecule has 0 saturated carbocycles. The number of hydrogen-bond acceptors (Lipinski definition) is 4. The largest absolute Gasteiger partial charge is 0.379 e. The molecular formula is C14H21BrN2O3S. The summed E-state index contributed by atoms with van der Waals surface area (Å²) < 4.78 is 32.4. The number of benzene rings is 1. The van der Waals surface area contributed by atoms with Crippen molar-refractivity contribution >= 4 is 26.0 Å². The molecule has 1 aliphatic rings. The van der Waals surface area contributed by atoms with Crippen molar-refractivity contribution in [2.24, 2.45) is 0 Å². The molecule has 0 radical (unpaired) electrons. The van der Waals surface area contributed by atoms with Crippen LogP contribution in [0.25, 0.3) is 0 Å². The Labute approximate surface area is 135 Å². The zero-order valence-electron chi connectivity index (χ0n) is 12.2. The van der Waals surface area contributed by atoms with Gasteiger partial charge in [0.25, 0.3) is 0 Å². The van der Waals surface area contributed by atoms with Crippen LogP contribution >= 0.6 is 15.9 Å². The molecule has 0 atom stereocenters. The van der Waals surface area contributed by atoms with Crippen LogP contribution in [0.15, 0.2) is 33.6 Å². The maximum absolute atomic E-state index is 12.4. The Bertz CT molecular complexity index is 542. The molecule has 5 nitrogen and oxygen atoms in total. The van der Waals surface area contributed by atoms with Crippen LogP contribution in [0.2, 0.25) is 0 Å². The molecule has 1 heterocycles. The molecule has 7 heteroatoms. The van der Waals surface area contributed by atoms with Crippen LogP contribution in [0.4, 0.5) is 0 Å². The van der Waals surface area contributed by atoms with E-state index in [2.05, 4.69) is 20.8 Å². The second kappa shape index (κ2) is 7.69. The first kappa shape index (κ1) is 16.9. The van der Waals surface area contributed by atoms with E-state index in [4.69, 9.17) is 4.74 Å². The van der Waals surface area contributed by atoms with Crippen LogP contribution < -0.4 is 0 Å². The molecule has 21 heavy (non-hydrogen) atoms. The third-order valence-corrected chi connectivity index (χ3v) is 5.97. The van der Waals surface area contributed by atoms with Gasteiger partial charge in [0.2, 0.25) is 10.0 Å². The van der Waals surface area contributed by atoms with E-state index in [-0.39, 0.29) is 0 Å². The zero-order chi connectivity index (χ0) is 15.3. The average molecular weight is 377 g/mol. The highest BCUT2D eigenvalue weighted by Gasteiger charge is 2.20. The molecule has 0 spiro atoms. The van der Waals surface area contributed by atoms with Crippen molar-refractivity contribution in [1.29, 1.82) is 0 Å². The summed E-state index contributed by atoms with van der Waals surface area (Å²) in [6, 6.07) is 6.73. The van der Waals surface area contributed by atoms with Crippen LogP contribution in [0.1, 0.15) is 6.42 Å². The summed E-state index contributed by atoms with van der Waals surface area (Å²) in [5.74, 6) is 0. The topological polar surface area (TPSA) is 49.9 Å². The zero-order valence-corrected chi connectivity index (χ0v) is 14.6. The smallest absolute Gasteiger partial charge is 0.242 e. The Hall–Kier alpha value is -0.470. The molecule has 0 N–H and O–H groups in total. The highest BCUT2D eigenvalue weighted by Crippen LogP contribution is 2.18. The molecule has 0 aliphatic carbocycles. The minimum absolute atomic E-state index is 0.333. The van der Waals surface area contributed by atoms with E-state index in [1.54, 1.807) is 31.3 Å². The van der Waals surface area contributed by atoms with Crippen molar-refractivity contribution in [3.63, 3.8) is 0 Å². The maximum atomic E-state index is 12.4. The maximum Gasteiger partial charge on any atom is 0.242 e. The van der Waals surface area contributed by atoms with Crippen molar-refractivity contribution in [2.75, 3.05) is 46.4 Å². The van der Waals surface area contributed by atoms with Gasteiger partial charge in [-0.3, -0.25) is 4.90 Å². The Kier molecular flexibility index (Phi) is 6.19. The van der Waals surface area contributed by atoms with Gasteiger partial charge in [-0.2, -0.15) is 0 Å². The quantitative estimate of drug-likeness (QED) is 0.759. The first-order chi connectivity index (χ1) is 10.00. The Balaban J connectivity index is 1.86. The van der Waals surface area contributed by atoms with Crippen molar-refractivity contribution in [3.8, 4) is 0 Å². The SMILES string of the molecule is CN(CCCN1CCOCC1)S(=O)(=O)c1ccc(Br)cc1. The summed E-state index contributed by atoms with van der Waals surface area (Å²) in [6.07, 6.45) is 0.826. The lowest BCUT2D eigenvalue weighted by atomic mass is 10.3. The Morgan fingerprint density at radius 2 is 1.86 bits per heavy atom. The molecule has 1 aromatic carbocycles. The summed E-state index contributed by atoms with van der Waals surface area (Å²) >= 11 is 3.31. The normalized spacial score (nSPS) is 17.3. The number of rotatable bonds is 6. The van der Waals surface area contributed by atoms with Crippen molar-refractivity contribution in [2.45, 2.75) is 11.3 Å².